The molecule has 0 saturated carbocycles. The van der Waals surface area contributed by atoms with E-state index in [-0.39, 0.29) is 16.8 Å². The van der Waals surface area contributed by atoms with Crippen LogP contribution in [0.5, 0.6) is 0 Å². The zero-order valence-electron chi connectivity index (χ0n) is 15.5. The van der Waals surface area contributed by atoms with Crippen LogP contribution in [0.15, 0.2) is 47.4 Å². The molecule has 0 bridgehead atoms. The third kappa shape index (κ3) is 5.14. The smallest absolute Gasteiger partial charge is 0.241 e. The summed E-state index contributed by atoms with van der Waals surface area (Å²) in [6.45, 7) is 6.61. The Labute approximate surface area is 155 Å². The molecule has 2 aromatic carbocycles. The van der Waals surface area contributed by atoms with Crippen molar-refractivity contribution in [2.24, 2.45) is 5.14 Å². The Kier molecular flexibility index (Phi) is 6.17. The molecule has 2 rings (SSSR count). The van der Waals surface area contributed by atoms with Gasteiger partial charge in [-0.2, -0.15) is 0 Å². The molecular weight excluding hydrogens is 350 g/mol. The molecule has 0 spiro atoms. The average molecular weight is 375 g/mol. The first-order valence-corrected chi connectivity index (χ1v) is 9.82. The Balaban J connectivity index is 2.02. The number of nitrogens with one attached hydrogen (secondary N) is 1. The normalized spacial score (nSPS) is 12.8. The van der Waals surface area contributed by atoms with Crippen LogP contribution in [0.4, 0.5) is 5.69 Å². The van der Waals surface area contributed by atoms with Crippen molar-refractivity contribution in [2.45, 2.75) is 38.3 Å². The molecular formula is C19H25N3O3S. The number of sulfonamides is 1. The molecule has 3 N–H and O–H groups in total. The fourth-order valence-corrected chi connectivity index (χ4v) is 3.12. The number of rotatable bonds is 6. The molecule has 26 heavy (non-hydrogen) atoms. The lowest BCUT2D eigenvalue weighted by Gasteiger charge is -2.24. The van der Waals surface area contributed by atoms with E-state index in [0.29, 0.717) is 12.2 Å². The predicted molar refractivity (Wildman–Crippen MR) is 103 cm³/mol. The highest BCUT2D eigenvalue weighted by molar-refractivity contribution is 7.89. The zero-order chi connectivity index (χ0) is 19.5. The lowest BCUT2D eigenvalue weighted by atomic mass is 10.0. The van der Waals surface area contributed by atoms with E-state index < -0.39 is 10.0 Å². The summed E-state index contributed by atoms with van der Waals surface area (Å²) in [5.74, 6) is -0.166. The Morgan fingerprint density at radius 3 is 2.31 bits per heavy atom. The number of likely N-dealkylation sites (N-methyl/N-ethyl adjacent to an activating group) is 1. The Bertz CT molecular complexity index is 893. The molecule has 7 heteroatoms. The van der Waals surface area contributed by atoms with Gasteiger partial charge in [-0.1, -0.05) is 23.8 Å². The van der Waals surface area contributed by atoms with Crippen molar-refractivity contribution in [1.82, 2.24) is 4.90 Å². The summed E-state index contributed by atoms with van der Waals surface area (Å²) >= 11 is 0. The van der Waals surface area contributed by atoms with Gasteiger partial charge in [-0.3, -0.25) is 9.69 Å². The van der Waals surface area contributed by atoms with E-state index in [1.807, 2.05) is 18.9 Å². The lowest BCUT2D eigenvalue weighted by molar-refractivity contribution is -0.120. The fraction of sp³-hybridized carbons (Fsp3) is 0.316. The van der Waals surface area contributed by atoms with Gasteiger partial charge >= 0.3 is 0 Å². The van der Waals surface area contributed by atoms with Gasteiger partial charge in [0, 0.05) is 12.2 Å². The van der Waals surface area contributed by atoms with Gasteiger partial charge in [0.2, 0.25) is 15.9 Å². The van der Waals surface area contributed by atoms with E-state index in [1.54, 1.807) is 0 Å². The summed E-state index contributed by atoms with van der Waals surface area (Å²) in [6.07, 6.45) is 0. The van der Waals surface area contributed by atoms with Crippen molar-refractivity contribution in [2.75, 3.05) is 12.4 Å². The van der Waals surface area contributed by atoms with Crippen molar-refractivity contribution in [1.29, 1.82) is 0 Å². The van der Waals surface area contributed by atoms with Crippen LogP contribution in [-0.2, 0) is 21.4 Å². The molecule has 1 atom stereocenters. The van der Waals surface area contributed by atoms with Gasteiger partial charge in [-0.05, 0) is 63.2 Å². The number of carbonyl (C=O) groups excluding carboxylic acids is 1. The number of nitrogens with zero attached hydrogens (tertiary/aromatic N) is 1. The first-order valence-electron chi connectivity index (χ1n) is 8.28. The van der Waals surface area contributed by atoms with E-state index in [0.717, 1.165) is 0 Å². The van der Waals surface area contributed by atoms with E-state index in [1.165, 1.54) is 41.0 Å². The molecule has 140 valence electrons. The van der Waals surface area contributed by atoms with Crippen molar-refractivity contribution in [3.63, 3.8) is 0 Å². The molecule has 0 radical (unpaired) electrons. The van der Waals surface area contributed by atoms with Crippen LogP contribution in [0, 0.1) is 13.8 Å². The van der Waals surface area contributed by atoms with Crippen molar-refractivity contribution < 1.29 is 13.2 Å². The second-order valence-electron chi connectivity index (χ2n) is 6.58. The topological polar surface area (TPSA) is 92.5 Å². The molecule has 0 aliphatic heterocycles. The first-order chi connectivity index (χ1) is 12.1. The number of hydrogen-bond donors (Lipinski definition) is 2. The van der Waals surface area contributed by atoms with Crippen LogP contribution in [0.1, 0.15) is 23.6 Å². The molecule has 2 aromatic rings. The van der Waals surface area contributed by atoms with Crippen LogP contribution in [0.3, 0.4) is 0 Å². The number of anilines is 1. The van der Waals surface area contributed by atoms with E-state index in [9.17, 15) is 13.2 Å². The molecule has 0 saturated heterocycles. The third-order valence-electron chi connectivity index (χ3n) is 4.41. The summed E-state index contributed by atoms with van der Waals surface area (Å²) in [6, 6.07) is 11.7. The molecule has 0 aliphatic carbocycles. The Morgan fingerprint density at radius 1 is 1.15 bits per heavy atom. The summed E-state index contributed by atoms with van der Waals surface area (Å²) in [5, 5.41) is 7.86. The maximum atomic E-state index is 12.5. The summed E-state index contributed by atoms with van der Waals surface area (Å²) in [7, 11) is -1.84. The third-order valence-corrected chi connectivity index (χ3v) is 5.34. The second-order valence-corrected chi connectivity index (χ2v) is 8.14. The quantitative estimate of drug-likeness (QED) is 0.811. The summed E-state index contributed by atoms with van der Waals surface area (Å²) in [4.78, 5) is 14.4. The summed E-state index contributed by atoms with van der Waals surface area (Å²) < 4.78 is 22.5. The number of carbonyl (C=O) groups is 1. The number of primary sulfonamides is 1. The number of benzene rings is 2. The molecule has 1 amide bonds. The molecule has 0 unspecified atom stereocenters. The second kappa shape index (κ2) is 7.99. The van der Waals surface area contributed by atoms with Gasteiger partial charge in [-0.15, -0.1) is 0 Å². The fourth-order valence-electron chi connectivity index (χ4n) is 2.60. The van der Waals surface area contributed by atoms with Crippen LogP contribution in [-0.4, -0.2) is 32.3 Å². The van der Waals surface area contributed by atoms with E-state index >= 15 is 0 Å². The minimum Gasteiger partial charge on any atom is -0.325 e. The minimum atomic E-state index is -3.74. The number of amides is 1. The molecule has 6 nitrogen and oxygen atoms in total. The largest absolute Gasteiger partial charge is 0.325 e. The van der Waals surface area contributed by atoms with Gasteiger partial charge < -0.3 is 5.32 Å². The van der Waals surface area contributed by atoms with Gasteiger partial charge in [-0.25, -0.2) is 13.6 Å². The summed E-state index contributed by atoms with van der Waals surface area (Å²) in [5.41, 5.74) is 4.11. The van der Waals surface area contributed by atoms with Crippen LogP contribution in [0.25, 0.3) is 0 Å². The van der Waals surface area contributed by atoms with Crippen molar-refractivity contribution in [3.8, 4) is 0 Å². The first kappa shape index (κ1) is 20.1. The SMILES string of the molecule is Cc1ccc(CN(C)[C@@H](C)C(=O)Nc2ccc(S(N)(=O)=O)cc2)c(C)c1. The zero-order valence-corrected chi connectivity index (χ0v) is 16.3. The van der Waals surface area contributed by atoms with Crippen LogP contribution in [0.2, 0.25) is 0 Å². The highest BCUT2D eigenvalue weighted by Gasteiger charge is 2.19. The van der Waals surface area contributed by atoms with E-state index in [2.05, 4.69) is 37.4 Å². The van der Waals surface area contributed by atoms with Gasteiger partial charge in [0.25, 0.3) is 0 Å². The average Bonchev–Trinajstić information content (AvgIpc) is 2.56. The number of nitrogens with two attached hydrogens (primary N) is 1. The maximum Gasteiger partial charge on any atom is 0.241 e. The van der Waals surface area contributed by atoms with Crippen molar-refractivity contribution >= 4 is 21.6 Å². The van der Waals surface area contributed by atoms with Gasteiger partial charge in [0.15, 0.2) is 0 Å². The number of hydrogen-bond acceptors (Lipinski definition) is 4. The molecule has 0 fully saturated rings. The van der Waals surface area contributed by atoms with Gasteiger partial charge in [0.1, 0.15) is 0 Å². The lowest BCUT2D eigenvalue weighted by Crippen LogP contribution is -2.39. The van der Waals surface area contributed by atoms with Gasteiger partial charge in [0.05, 0.1) is 10.9 Å². The molecule has 0 heterocycles. The van der Waals surface area contributed by atoms with Crippen LogP contribution < -0.4 is 10.5 Å². The van der Waals surface area contributed by atoms with Crippen molar-refractivity contribution in [3.05, 3.63) is 59.2 Å². The van der Waals surface area contributed by atoms with Crippen LogP contribution >= 0.6 is 0 Å². The molecule has 0 aliphatic rings. The standard InChI is InChI=1S/C19H25N3O3S/c1-13-5-6-16(14(2)11-13)12-22(4)15(3)19(23)21-17-7-9-18(10-8-17)26(20,24)25/h5-11,15H,12H2,1-4H3,(H,21,23)(H2,20,24,25)/t15-/m0/s1. The minimum absolute atomic E-state index is 0.00973. The highest BCUT2D eigenvalue weighted by atomic mass is 32.2. The van der Waals surface area contributed by atoms with E-state index in [4.69, 9.17) is 5.14 Å². The Morgan fingerprint density at radius 2 is 1.77 bits per heavy atom. The maximum absolute atomic E-state index is 12.5. The Hall–Kier alpha value is -2.22. The molecule has 0 aromatic heterocycles. The monoisotopic (exact) mass is 375 g/mol. The highest BCUT2D eigenvalue weighted by Crippen LogP contribution is 2.16. The predicted octanol–water partition coefficient (Wildman–Crippen LogP) is 2.41. The number of aryl methyl sites for hydroxylation is 2.